The number of nitrogens with zero attached hydrogens (tertiary/aromatic N) is 2. The molecule has 0 bridgehead atoms. The molecule has 108 valence electrons. The second-order valence-electron chi connectivity index (χ2n) is 5.24. The molecular weight excluding hydrogens is 254 g/mol. The molecule has 1 aromatic carbocycles. The second-order valence-corrected chi connectivity index (χ2v) is 5.24. The van der Waals surface area contributed by atoms with Crippen molar-refractivity contribution in [2.45, 2.75) is 25.8 Å². The summed E-state index contributed by atoms with van der Waals surface area (Å²) in [6, 6.07) is 7.27. The summed E-state index contributed by atoms with van der Waals surface area (Å²) in [5.41, 5.74) is 1.84. The maximum Gasteiger partial charge on any atom is 0.250 e. The van der Waals surface area contributed by atoms with Gasteiger partial charge in [0.05, 0.1) is 0 Å². The van der Waals surface area contributed by atoms with Crippen molar-refractivity contribution >= 4 is 23.2 Å². The molecule has 1 heterocycles. The highest BCUT2D eigenvalue weighted by atomic mass is 16.2. The van der Waals surface area contributed by atoms with E-state index < -0.39 is 6.04 Å². The lowest BCUT2D eigenvalue weighted by atomic mass is 10.1. The Balaban J connectivity index is 2.21. The Bertz CT molecular complexity index is 496. The summed E-state index contributed by atoms with van der Waals surface area (Å²) in [4.78, 5) is 27.7. The lowest BCUT2D eigenvalue weighted by molar-refractivity contribution is -0.131. The highest BCUT2D eigenvalue weighted by molar-refractivity contribution is 6.06. The highest BCUT2D eigenvalue weighted by Gasteiger charge is 2.32. The van der Waals surface area contributed by atoms with Crippen LogP contribution in [0.25, 0.3) is 0 Å². The van der Waals surface area contributed by atoms with Crippen molar-refractivity contribution in [3.05, 3.63) is 24.3 Å². The zero-order valence-electron chi connectivity index (χ0n) is 12.2. The summed E-state index contributed by atoms with van der Waals surface area (Å²) < 4.78 is 0. The number of hydrogen-bond donors (Lipinski definition) is 1. The molecule has 5 heteroatoms. The SMILES string of the molecule is CCCC1NC(=O)CN(c2ccc(N(C)C)cc2)C1=O. The third-order valence-corrected chi connectivity index (χ3v) is 3.46. The molecule has 5 nitrogen and oxygen atoms in total. The van der Waals surface area contributed by atoms with Crippen LogP contribution >= 0.6 is 0 Å². The molecule has 1 saturated heterocycles. The van der Waals surface area contributed by atoms with E-state index in [1.165, 1.54) is 0 Å². The van der Waals surface area contributed by atoms with Crippen molar-refractivity contribution in [2.75, 3.05) is 30.4 Å². The Kier molecular flexibility index (Phi) is 4.27. The van der Waals surface area contributed by atoms with Crippen molar-refractivity contribution in [3.8, 4) is 0 Å². The summed E-state index contributed by atoms with van der Waals surface area (Å²) in [6.45, 7) is 2.10. The first-order chi connectivity index (χ1) is 9.52. The number of benzene rings is 1. The molecule has 0 aromatic heterocycles. The average Bonchev–Trinajstić information content (AvgIpc) is 2.43. The van der Waals surface area contributed by atoms with Gasteiger partial charge in [-0.3, -0.25) is 9.59 Å². The van der Waals surface area contributed by atoms with Gasteiger partial charge in [0.25, 0.3) is 0 Å². The minimum atomic E-state index is -0.394. The molecule has 0 radical (unpaired) electrons. The van der Waals surface area contributed by atoms with Crippen LogP contribution in [0, 0.1) is 0 Å². The molecule has 1 aliphatic heterocycles. The minimum absolute atomic E-state index is 0.0240. The van der Waals surface area contributed by atoms with E-state index in [0.717, 1.165) is 17.8 Å². The fourth-order valence-corrected chi connectivity index (χ4v) is 2.34. The number of carbonyl (C=O) groups is 2. The largest absolute Gasteiger partial charge is 0.378 e. The van der Waals surface area contributed by atoms with Crippen LogP contribution in [0.1, 0.15) is 19.8 Å². The van der Waals surface area contributed by atoms with Crippen molar-refractivity contribution in [1.29, 1.82) is 0 Å². The molecule has 2 rings (SSSR count). The van der Waals surface area contributed by atoms with Crippen LogP contribution in [0.5, 0.6) is 0 Å². The number of piperazine rings is 1. The van der Waals surface area contributed by atoms with Gasteiger partial charge in [0.2, 0.25) is 11.8 Å². The molecule has 0 saturated carbocycles. The molecule has 1 fully saturated rings. The van der Waals surface area contributed by atoms with Gasteiger partial charge in [-0.15, -0.1) is 0 Å². The molecule has 2 amide bonds. The fourth-order valence-electron chi connectivity index (χ4n) is 2.34. The summed E-state index contributed by atoms with van der Waals surface area (Å²) in [7, 11) is 3.93. The summed E-state index contributed by atoms with van der Waals surface area (Å²) in [5.74, 6) is -0.121. The van der Waals surface area contributed by atoms with Crippen LogP contribution in [0.4, 0.5) is 11.4 Å². The van der Waals surface area contributed by atoms with E-state index in [1.54, 1.807) is 4.90 Å². The monoisotopic (exact) mass is 275 g/mol. The maximum absolute atomic E-state index is 12.4. The number of hydrogen-bond acceptors (Lipinski definition) is 3. The lowest BCUT2D eigenvalue weighted by Crippen LogP contribution is -2.58. The zero-order chi connectivity index (χ0) is 14.7. The van der Waals surface area contributed by atoms with Crippen LogP contribution in [0.15, 0.2) is 24.3 Å². The van der Waals surface area contributed by atoms with Crippen LogP contribution in [0.3, 0.4) is 0 Å². The predicted octanol–water partition coefficient (Wildman–Crippen LogP) is 1.38. The van der Waals surface area contributed by atoms with E-state index in [0.29, 0.717) is 6.42 Å². The standard InChI is InChI=1S/C15H21N3O2/c1-4-5-13-15(20)18(10-14(19)16-13)12-8-6-11(7-9-12)17(2)3/h6-9,13H,4-5,10H2,1-3H3,(H,16,19). The van der Waals surface area contributed by atoms with Crippen LogP contribution < -0.4 is 15.1 Å². The summed E-state index contributed by atoms with van der Waals surface area (Å²) in [6.07, 6.45) is 1.54. The van der Waals surface area contributed by atoms with Gasteiger partial charge in [-0.2, -0.15) is 0 Å². The highest BCUT2D eigenvalue weighted by Crippen LogP contribution is 2.22. The third kappa shape index (κ3) is 2.92. The van der Waals surface area contributed by atoms with E-state index in [-0.39, 0.29) is 18.4 Å². The van der Waals surface area contributed by atoms with E-state index in [9.17, 15) is 9.59 Å². The van der Waals surface area contributed by atoms with Gasteiger partial charge < -0.3 is 15.1 Å². The summed E-state index contributed by atoms with van der Waals surface area (Å²) in [5, 5.41) is 2.76. The van der Waals surface area contributed by atoms with Crippen molar-refractivity contribution in [3.63, 3.8) is 0 Å². The van der Waals surface area contributed by atoms with Crippen molar-refractivity contribution in [2.24, 2.45) is 0 Å². The molecule has 1 atom stereocenters. The van der Waals surface area contributed by atoms with Gasteiger partial charge in [0, 0.05) is 25.5 Å². The van der Waals surface area contributed by atoms with E-state index in [1.807, 2.05) is 50.2 Å². The smallest absolute Gasteiger partial charge is 0.250 e. The molecule has 0 spiro atoms. The predicted molar refractivity (Wildman–Crippen MR) is 80.0 cm³/mol. The second kappa shape index (κ2) is 5.94. The molecule has 1 unspecified atom stereocenters. The summed E-state index contributed by atoms with van der Waals surface area (Å²) >= 11 is 0. The topological polar surface area (TPSA) is 52.7 Å². The Morgan fingerprint density at radius 2 is 1.90 bits per heavy atom. The number of rotatable bonds is 4. The third-order valence-electron chi connectivity index (χ3n) is 3.46. The zero-order valence-corrected chi connectivity index (χ0v) is 12.2. The average molecular weight is 275 g/mol. The lowest BCUT2D eigenvalue weighted by Gasteiger charge is -2.32. The van der Waals surface area contributed by atoms with Gasteiger partial charge in [-0.1, -0.05) is 13.3 Å². The van der Waals surface area contributed by atoms with Gasteiger partial charge in [-0.05, 0) is 30.7 Å². The molecule has 20 heavy (non-hydrogen) atoms. The molecule has 1 aromatic rings. The van der Waals surface area contributed by atoms with E-state index in [4.69, 9.17) is 0 Å². The molecule has 0 aliphatic carbocycles. The van der Waals surface area contributed by atoms with E-state index in [2.05, 4.69) is 5.32 Å². The Morgan fingerprint density at radius 1 is 1.25 bits per heavy atom. The quantitative estimate of drug-likeness (QED) is 0.903. The first-order valence-electron chi connectivity index (χ1n) is 6.91. The van der Waals surface area contributed by atoms with Gasteiger partial charge in [-0.25, -0.2) is 0 Å². The van der Waals surface area contributed by atoms with Crippen LogP contribution in [0.2, 0.25) is 0 Å². The Labute approximate surface area is 119 Å². The van der Waals surface area contributed by atoms with Gasteiger partial charge >= 0.3 is 0 Å². The normalized spacial score (nSPS) is 18.9. The molecular formula is C15H21N3O2. The van der Waals surface area contributed by atoms with Crippen LogP contribution in [-0.2, 0) is 9.59 Å². The first kappa shape index (κ1) is 14.4. The Morgan fingerprint density at radius 3 is 2.45 bits per heavy atom. The van der Waals surface area contributed by atoms with Gasteiger partial charge in [0.1, 0.15) is 12.6 Å². The molecule has 1 aliphatic rings. The van der Waals surface area contributed by atoms with E-state index >= 15 is 0 Å². The Hall–Kier alpha value is -2.04. The first-order valence-corrected chi connectivity index (χ1v) is 6.91. The van der Waals surface area contributed by atoms with Crippen molar-refractivity contribution in [1.82, 2.24) is 5.32 Å². The molecule has 1 N–H and O–H groups in total. The minimum Gasteiger partial charge on any atom is -0.378 e. The number of nitrogens with one attached hydrogen (secondary N) is 1. The maximum atomic E-state index is 12.4. The number of amides is 2. The number of carbonyl (C=O) groups excluding carboxylic acids is 2. The van der Waals surface area contributed by atoms with Gasteiger partial charge in [0.15, 0.2) is 0 Å². The van der Waals surface area contributed by atoms with Crippen molar-refractivity contribution < 1.29 is 9.59 Å². The fraction of sp³-hybridized carbons (Fsp3) is 0.467. The number of anilines is 2. The van der Waals surface area contributed by atoms with Crippen LogP contribution in [-0.4, -0.2) is 38.5 Å².